The van der Waals surface area contributed by atoms with E-state index in [0.717, 1.165) is 29.4 Å². The number of aromatic carboxylic acids is 1. The van der Waals surface area contributed by atoms with E-state index >= 15 is 0 Å². The molecule has 0 aliphatic carbocycles. The van der Waals surface area contributed by atoms with E-state index in [0.29, 0.717) is 41.1 Å². The molecule has 0 atom stereocenters. The van der Waals surface area contributed by atoms with Crippen LogP contribution in [0.5, 0.6) is 0 Å². The Morgan fingerprint density at radius 3 is 1.86 bits per heavy atom. The average Bonchev–Trinajstić information content (AvgIpc) is 3.01. The second kappa shape index (κ2) is 12.5. The number of carbonyl (C=O) groups excluding carboxylic acids is 1. The summed E-state index contributed by atoms with van der Waals surface area (Å²) < 4.78 is 3.21. The third kappa shape index (κ3) is 5.81. The number of nitrogens with zero attached hydrogens (tertiary/aromatic N) is 3. The maximum atomic E-state index is 13.2. The number of carbonyl (C=O) groups is 2. The summed E-state index contributed by atoms with van der Waals surface area (Å²) in [6.07, 6.45) is 1.94. The van der Waals surface area contributed by atoms with Crippen LogP contribution in [0.3, 0.4) is 0 Å². The van der Waals surface area contributed by atoms with Gasteiger partial charge in [0.1, 0.15) is 0 Å². The SMILES string of the molecule is CCn1c(=O)cc(Cl)c2cc(C(=O)N3CCCc4ccccc43)ccc21.CCn1c(=O)cc(Cl)c2cc(C(=O)O)ccc21. The Morgan fingerprint density at radius 2 is 1.30 bits per heavy atom. The fourth-order valence-electron chi connectivity index (χ4n) is 5.51. The Kier molecular flexibility index (Phi) is 8.71. The molecule has 5 aromatic rings. The lowest BCUT2D eigenvalue weighted by atomic mass is 10.0. The van der Waals surface area contributed by atoms with Crippen molar-refractivity contribution in [2.75, 3.05) is 11.4 Å². The molecule has 0 radical (unpaired) electrons. The van der Waals surface area contributed by atoms with Gasteiger partial charge in [-0.3, -0.25) is 14.4 Å². The van der Waals surface area contributed by atoms with Crippen molar-refractivity contribution in [3.8, 4) is 0 Å². The van der Waals surface area contributed by atoms with E-state index in [2.05, 4.69) is 6.07 Å². The van der Waals surface area contributed by atoms with Gasteiger partial charge in [-0.15, -0.1) is 0 Å². The highest BCUT2D eigenvalue weighted by atomic mass is 35.5. The maximum Gasteiger partial charge on any atom is 0.335 e. The molecule has 8 nitrogen and oxygen atoms in total. The minimum absolute atomic E-state index is 0.0376. The van der Waals surface area contributed by atoms with Gasteiger partial charge < -0.3 is 19.1 Å². The number of hydrogen-bond acceptors (Lipinski definition) is 4. The van der Waals surface area contributed by atoms with Crippen molar-refractivity contribution < 1.29 is 14.7 Å². The van der Waals surface area contributed by atoms with Crippen molar-refractivity contribution in [2.45, 2.75) is 39.8 Å². The monoisotopic (exact) mass is 617 g/mol. The molecular weight excluding hydrogens is 589 g/mol. The average molecular weight is 619 g/mol. The summed E-state index contributed by atoms with van der Waals surface area (Å²) in [5.41, 5.74) is 4.00. The molecule has 1 aliphatic rings. The summed E-state index contributed by atoms with van der Waals surface area (Å²) in [5.74, 6) is -1.05. The van der Waals surface area contributed by atoms with E-state index in [1.807, 2.05) is 43.0 Å². The minimum Gasteiger partial charge on any atom is -0.478 e. The lowest BCUT2D eigenvalue weighted by molar-refractivity contribution is 0.0696. The quantitative estimate of drug-likeness (QED) is 0.243. The highest BCUT2D eigenvalue weighted by Gasteiger charge is 2.24. The third-order valence-corrected chi connectivity index (χ3v) is 8.23. The van der Waals surface area contributed by atoms with Crippen LogP contribution in [0.15, 0.2) is 82.4 Å². The van der Waals surface area contributed by atoms with Crippen LogP contribution in [0.25, 0.3) is 21.8 Å². The molecule has 6 rings (SSSR count). The van der Waals surface area contributed by atoms with E-state index < -0.39 is 5.97 Å². The molecule has 10 heteroatoms. The Hall–Kier alpha value is -4.40. The zero-order valence-electron chi connectivity index (χ0n) is 23.6. The van der Waals surface area contributed by atoms with Gasteiger partial charge in [0.15, 0.2) is 0 Å². The molecule has 1 N–H and O–H groups in total. The number of aryl methyl sites for hydroxylation is 3. The molecule has 1 amide bonds. The summed E-state index contributed by atoms with van der Waals surface area (Å²) in [7, 11) is 0. The van der Waals surface area contributed by atoms with E-state index in [4.69, 9.17) is 28.3 Å². The number of pyridine rings is 2. The Morgan fingerprint density at radius 1 is 0.767 bits per heavy atom. The van der Waals surface area contributed by atoms with Gasteiger partial charge in [-0.1, -0.05) is 41.4 Å². The van der Waals surface area contributed by atoms with Crippen molar-refractivity contribution in [3.05, 3.63) is 120 Å². The standard InChI is InChI=1S/C21H19ClN2O2.C12H10ClNO3/c1-2-23-19-10-9-15(12-16(19)17(22)13-20(23)25)21(26)24-11-5-7-14-6-3-4-8-18(14)24;1-2-14-10-4-3-7(12(16)17)5-8(10)9(13)6-11(14)15/h3-4,6,8-10,12-13H,2,5,7,11H2,1H3;3-6H,2H2,1H3,(H,16,17). The molecule has 0 saturated heterocycles. The first kappa shape index (κ1) is 30.1. The van der Waals surface area contributed by atoms with Gasteiger partial charge >= 0.3 is 5.97 Å². The Bertz CT molecular complexity index is 2010. The van der Waals surface area contributed by atoms with Crippen LogP contribution >= 0.6 is 23.2 Å². The number of benzene rings is 3. The van der Waals surface area contributed by atoms with Crippen molar-refractivity contribution in [2.24, 2.45) is 0 Å². The largest absolute Gasteiger partial charge is 0.478 e. The summed E-state index contributed by atoms with van der Waals surface area (Å²) in [4.78, 5) is 49.6. The van der Waals surface area contributed by atoms with Crippen LogP contribution < -0.4 is 16.0 Å². The molecule has 0 saturated carbocycles. The zero-order chi connectivity index (χ0) is 30.8. The van der Waals surface area contributed by atoms with Crippen LogP contribution in [0.1, 0.15) is 46.5 Å². The van der Waals surface area contributed by atoms with Gasteiger partial charge in [0, 0.05) is 53.8 Å². The molecule has 43 heavy (non-hydrogen) atoms. The smallest absolute Gasteiger partial charge is 0.335 e. The number of aromatic nitrogens is 2. The first-order chi connectivity index (χ1) is 20.6. The molecule has 0 spiro atoms. The van der Waals surface area contributed by atoms with E-state index in [9.17, 15) is 19.2 Å². The van der Waals surface area contributed by atoms with E-state index in [1.54, 1.807) is 27.3 Å². The normalized spacial score (nSPS) is 12.5. The van der Waals surface area contributed by atoms with Crippen LogP contribution in [-0.2, 0) is 19.5 Å². The van der Waals surface area contributed by atoms with Crippen molar-refractivity contribution >= 4 is 62.6 Å². The maximum absolute atomic E-state index is 13.2. The zero-order valence-corrected chi connectivity index (χ0v) is 25.2. The molecule has 0 unspecified atom stereocenters. The number of fused-ring (bicyclic) bond motifs is 3. The topological polar surface area (TPSA) is 102 Å². The lowest BCUT2D eigenvalue weighted by Gasteiger charge is -2.29. The summed E-state index contributed by atoms with van der Waals surface area (Å²) >= 11 is 12.3. The number of para-hydroxylation sites is 1. The van der Waals surface area contributed by atoms with Crippen LogP contribution in [0, 0.1) is 0 Å². The van der Waals surface area contributed by atoms with Crippen LogP contribution in [-0.4, -0.2) is 32.7 Å². The molecule has 0 fully saturated rings. The first-order valence-corrected chi connectivity index (χ1v) is 14.7. The summed E-state index contributed by atoms with van der Waals surface area (Å²) in [6, 6.07) is 20.7. The van der Waals surface area contributed by atoms with Crippen molar-refractivity contribution in [1.29, 1.82) is 0 Å². The first-order valence-electron chi connectivity index (χ1n) is 13.9. The molecule has 0 bridgehead atoms. The highest BCUT2D eigenvalue weighted by molar-refractivity contribution is 6.36. The van der Waals surface area contributed by atoms with Crippen LogP contribution in [0.2, 0.25) is 10.0 Å². The van der Waals surface area contributed by atoms with Crippen molar-refractivity contribution in [1.82, 2.24) is 9.13 Å². The number of carboxylic acids is 1. The number of halogens is 2. The van der Waals surface area contributed by atoms with Crippen LogP contribution in [0.4, 0.5) is 5.69 Å². The molecular formula is C33H29Cl2N3O5. The number of hydrogen-bond donors (Lipinski definition) is 1. The minimum atomic E-state index is -1.02. The van der Waals surface area contributed by atoms with Gasteiger partial charge in [-0.2, -0.15) is 0 Å². The summed E-state index contributed by atoms with van der Waals surface area (Å²) in [6.45, 7) is 5.53. The second-order valence-electron chi connectivity index (χ2n) is 10.1. The van der Waals surface area contributed by atoms with E-state index in [-0.39, 0.29) is 27.6 Å². The highest BCUT2D eigenvalue weighted by Crippen LogP contribution is 2.30. The fraction of sp³-hybridized carbons (Fsp3) is 0.212. The van der Waals surface area contributed by atoms with Gasteiger partial charge in [0.2, 0.25) is 0 Å². The summed E-state index contributed by atoms with van der Waals surface area (Å²) in [5, 5.41) is 10.9. The molecule has 3 heterocycles. The number of rotatable bonds is 4. The van der Waals surface area contributed by atoms with Crippen molar-refractivity contribution in [3.63, 3.8) is 0 Å². The molecule has 2 aromatic heterocycles. The second-order valence-corrected chi connectivity index (χ2v) is 10.9. The molecule has 3 aromatic carbocycles. The molecule has 220 valence electrons. The van der Waals surface area contributed by atoms with Gasteiger partial charge in [-0.25, -0.2) is 4.79 Å². The fourth-order valence-corrected chi connectivity index (χ4v) is 6.00. The third-order valence-electron chi connectivity index (χ3n) is 7.60. The van der Waals surface area contributed by atoms with Gasteiger partial charge in [0.05, 0.1) is 26.6 Å². The predicted octanol–water partition coefficient (Wildman–Crippen LogP) is 6.64. The lowest BCUT2D eigenvalue weighted by Crippen LogP contribution is -2.35. The van der Waals surface area contributed by atoms with Gasteiger partial charge in [-0.05, 0) is 74.7 Å². The number of amides is 1. The number of anilines is 1. The Labute approximate surface area is 257 Å². The van der Waals surface area contributed by atoms with Gasteiger partial charge in [0.25, 0.3) is 17.0 Å². The molecule has 1 aliphatic heterocycles. The predicted molar refractivity (Wildman–Crippen MR) is 171 cm³/mol. The number of carboxylic acid groups (broad SMARTS) is 1. The van der Waals surface area contributed by atoms with E-state index in [1.165, 1.54) is 29.8 Å². The Balaban J connectivity index is 0.000000188.